The minimum Gasteiger partial charge on any atom is -0.466 e. The van der Waals surface area contributed by atoms with E-state index in [4.69, 9.17) is 0 Å². The molecule has 0 fully saturated rings. The van der Waals surface area contributed by atoms with Crippen molar-refractivity contribution >= 4 is 11.8 Å². The lowest BCUT2D eigenvalue weighted by molar-refractivity contribution is -0.140. The van der Waals surface area contributed by atoms with Crippen LogP contribution >= 0.6 is 0 Å². The fraction of sp³-hybridized carbons (Fsp3) is 0.385. The predicted octanol–water partition coefficient (Wildman–Crippen LogP) is 2.38. The number of hydrogen-bond acceptors (Lipinski definition) is 3. The molecule has 3 nitrogen and oxygen atoms in total. The van der Waals surface area contributed by atoms with Gasteiger partial charge >= 0.3 is 5.97 Å². The van der Waals surface area contributed by atoms with Crippen molar-refractivity contribution in [2.45, 2.75) is 26.7 Å². The summed E-state index contributed by atoms with van der Waals surface area (Å²) in [7, 11) is 0. The van der Waals surface area contributed by atoms with Gasteiger partial charge in [0.1, 0.15) is 0 Å². The van der Waals surface area contributed by atoms with Crippen molar-refractivity contribution in [1.82, 2.24) is 0 Å². The Labute approximate surface area is 95.4 Å². The molecule has 0 N–H and O–H groups in total. The van der Waals surface area contributed by atoms with Gasteiger partial charge in [0, 0.05) is 18.9 Å². The third-order valence-corrected chi connectivity index (χ3v) is 2.29. The molecule has 0 radical (unpaired) electrons. The maximum Gasteiger partial charge on any atom is 0.302 e. The van der Waals surface area contributed by atoms with Crippen LogP contribution in [0.3, 0.4) is 0 Å². The zero-order valence-corrected chi connectivity index (χ0v) is 9.66. The van der Waals surface area contributed by atoms with Gasteiger partial charge in [-0.05, 0) is 18.9 Å². The molecule has 0 aromatic heterocycles. The van der Waals surface area contributed by atoms with Gasteiger partial charge in [-0.3, -0.25) is 9.59 Å². The molecular weight excluding hydrogens is 204 g/mol. The number of ketones is 1. The van der Waals surface area contributed by atoms with Crippen LogP contribution in [0.2, 0.25) is 0 Å². The quantitative estimate of drug-likeness (QED) is 0.682. The zero-order valence-electron chi connectivity index (χ0n) is 9.66. The van der Waals surface area contributed by atoms with Crippen LogP contribution in [-0.4, -0.2) is 18.4 Å². The summed E-state index contributed by atoms with van der Waals surface area (Å²) < 4.78 is 4.40. The molecular formula is C13H16O3. The van der Waals surface area contributed by atoms with E-state index < -0.39 is 0 Å². The predicted molar refractivity (Wildman–Crippen MR) is 61.4 cm³/mol. The monoisotopic (exact) mass is 220 g/mol. The molecule has 0 heterocycles. The highest BCUT2D eigenvalue weighted by atomic mass is 16.5. The molecule has 1 aromatic rings. The molecule has 0 bridgehead atoms. The minimum atomic E-state index is -0.211. The second-order valence-corrected chi connectivity index (χ2v) is 3.50. The van der Waals surface area contributed by atoms with E-state index in [2.05, 4.69) is 4.74 Å². The van der Waals surface area contributed by atoms with E-state index in [1.807, 2.05) is 24.3 Å². The summed E-state index contributed by atoms with van der Waals surface area (Å²) >= 11 is 0. The Balaban J connectivity index is 0.000000187. The van der Waals surface area contributed by atoms with Crippen LogP contribution in [0.4, 0.5) is 0 Å². The van der Waals surface area contributed by atoms with Gasteiger partial charge < -0.3 is 4.74 Å². The van der Waals surface area contributed by atoms with Crippen molar-refractivity contribution in [3.05, 3.63) is 35.4 Å². The average Bonchev–Trinajstić information content (AvgIpc) is 2.62. The molecule has 0 amide bonds. The smallest absolute Gasteiger partial charge is 0.302 e. The number of ether oxygens (including phenoxy) is 1. The van der Waals surface area contributed by atoms with Crippen LogP contribution in [-0.2, 0) is 16.0 Å². The second-order valence-electron chi connectivity index (χ2n) is 3.50. The van der Waals surface area contributed by atoms with Gasteiger partial charge in [0.2, 0.25) is 0 Å². The van der Waals surface area contributed by atoms with E-state index in [-0.39, 0.29) is 5.97 Å². The number of hydrogen-bond donors (Lipinski definition) is 0. The van der Waals surface area contributed by atoms with Crippen LogP contribution in [0.15, 0.2) is 24.3 Å². The van der Waals surface area contributed by atoms with Crippen molar-refractivity contribution in [2.75, 3.05) is 6.61 Å². The average molecular weight is 220 g/mol. The molecule has 0 saturated carbocycles. The lowest BCUT2D eigenvalue weighted by Gasteiger charge is -1.92. The summed E-state index contributed by atoms with van der Waals surface area (Å²) in [6.07, 6.45) is 1.65. The number of benzene rings is 1. The molecule has 1 aromatic carbocycles. The van der Waals surface area contributed by atoms with Gasteiger partial charge in [-0.1, -0.05) is 24.3 Å². The highest BCUT2D eigenvalue weighted by molar-refractivity contribution is 6.00. The van der Waals surface area contributed by atoms with E-state index in [0.29, 0.717) is 18.8 Å². The lowest BCUT2D eigenvalue weighted by atomic mass is 10.1. The summed E-state index contributed by atoms with van der Waals surface area (Å²) in [6, 6.07) is 7.84. The summed E-state index contributed by atoms with van der Waals surface area (Å²) in [5.41, 5.74) is 2.15. The molecule has 16 heavy (non-hydrogen) atoms. The molecule has 0 spiro atoms. The van der Waals surface area contributed by atoms with Gasteiger partial charge in [0.05, 0.1) is 6.61 Å². The number of esters is 1. The number of aryl methyl sites for hydroxylation is 1. The largest absolute Gasteiger partial charge is 0.466 e. The topological polar surface area (TPSA) is 43.4 Å². The summed E-state index contributed by atoms with van der Waals surface area (Å²) in [5, 5.41) is 0. The van der Waals surface area contributed by atoms with Crippen molar-refractivity contribution in [3.63, 3.8) is 0 Å². The Bertz CT molecular complexity index is 383. The van der Waals surface area contributed by atoms with Crippen LogP contribution in [0.5, 0.6) is 0 Å². The van der Waals surface area contributed by atoms with Crippen molar-refractivity contribution < 1.29 is 14.3 Å². The second kappa shape index (κ2) is 6.05. The van der Waals surface area contributed by atoms with Crippen LogP contribution in [0.25, 0.3) is 0 Å². The highest BCUT2D eigenvalue weighted by Gasteiger charge is 2.17. The van der Waals surface area contributed by atoms with E-state index in [1.54, 1.807) is 6.92 Å². The highest BCUT2D eigenvalue weighted by Crippen LogP contribution is 2.20. The molecule has 0 saturated heterocycles. The SMILES string of the molecule is CCOC(C)=O.O=C1CCc2ccccc21. The lowest BCUT2D eigenvalue weighted by Crippen LogP contribution is -1.95. The van der Waals surface area contributed by atoms with E-state index in [0.717, 1.165) is 12.0 Å². The maximum atomic E-state index is 11.1. The number of carbonyl (C=O) groups excluding carboxylic acids is 2. The Kier molecular flexibility index (Phi) is 4.70. The van der Waals surface area contributed by atoms with Gasteiger partial charge in [-0.15, -0.1) is 0 Å². The van der Waals surface area contributed by atoms with Gasteiger partial charge in [0.25, 0.3) is 0 Å². The first kappa shape index (κ1) is 12.4. The fourth-order valence-electron chi connectivity index (χ4n) is 1.60. The number of Topliss-reactive ketones (excluding diaryl/α,β-unsaturated/α-hetero) is 1. The standard InChI is InChI=1S/C9H8O.C4H8O2/c10-9-6-5-7-3-1-2-4-8(7)9;1-3-6-4(2)5/h1-4H,5-6H2;3H2,1-2H3. The Morgan fingerprint density at radius 1 is 1.31 bits per heavy atom. The third kappa shape index (κ3) is 3.50. The van der Waals surface area contributed by atoms with Crippen molar-refractivity contribution in [1.29, 1.82) is 0 Å². The first-order valence-electron chi connectivity index (χ1n) is 5.39. The Hall–Kier alpha value is -1.64. The van der Waals surface area contributed by atoms with Crippen LogP contribution in [0.1, 0.15) is 36.2 Å². The summed E-state index contributed by atoms with van der Waals surface area (Å²) in [6.45, 7) is 3.65. The third-order valence-electron chi connectivity index (χ3n) is 2.29. The molecule has 0 atom stereocenters. The Morgan fingerprint density at radius 3 is 2.50 bits per heavy atom. The maximum absolute atomic E-state index is 11.1. The van der Waals surface area contributed by atoms with E-state index >= 15 is 0 Å². The normalized spacial score (nSPS) is 12.5. The molecule has 3 heteroatoms. The van der Waals surface area contributed by atoms with Gasteiger partial charge in [-0.25, -0.2) is 0 Å². The number of fused-ring (bicyclic) bond motifs is 1. The number of carbonyl (C=O) groups is 2. The first-order valence-corrected chi connectivity index (χ1v) is 5.39. The molecule has 2 rings (SSSR count). The number of rotatable bonds is 1. The fourth-order valence-corrected chi connectivity index (χ4v) is 1.60. The van der Waals surface area contributed by atoms with Crippen LogP contribution < -0.4 is 0 Å². The molecule has 0 unspecified atom stereocenters. The van der Waals surface area contributed by atoms with Crippen LogP contribution in [0, 0.1) is 0 Å². The molecule has 86 valence electrons. The molecule has 1 aliphatic carbocycles. The Morgan fingerprint density at radius 2 is 2.00 bits per heavy atom. The van der Waals surface area contributed by atoms with Crippen molar-refractivity contribution in [2.24, 2.45) is 0 Å². The van der Waals surface area contributed by atoms with E-state index in [1.165, 1.54) is 12.5 Å². The zero-order chi connectivity index (χ0) is 12.0. The summed E-state index contributed by atoms with van der Waals surface area (Å²) in [4.78, 5) is 20.9. The summed E-state index contributed by atoms with van der Waals surface area (Å²) in [5.74, 6) is 0.0908. The van der Waals surface area contributed by atoms with Gasteiger partial charge in [0.15, 0.2) is 5.78 Å². The molecule has 0 aliphatic heterocycles. The molecule has 1 aliphatic rings. The minimum absolute atomic E-state index is 0.211. The van der Waals surface area contributed by atoms with Gasteiger partial charge in [-0.2, -0.15) is 0 Å². The van der Waals surface area contributed by atoms with Crippen molar-refractivity contribution in [3.8, 4) is 0 Å². The first-order chi connectivity index (χ1) is 7.65. The van der Waals surface area contributed by atoms with E-state index in [9.17, 15) is 9.59 Å².